The van der Waals surface area contributed by atoms with Gasteiger partial charge in [0.1, 0.15) is 28.1 Å². The van der Waals surface area contributed by atoms with E-state index in [1.165, 1.54) is 23.6 Å². The van der Waals surface area contributed by atoms with Gasteiger partial charge in [0.05, 0.1) is 20.8 Å². The molecule has 0 aliphatic rings. The number of rotatable bonds is 5. The number of carbonyl (C=O) groups excluding carboxylic acids is 2. The topological polar surface area (TPSA) is 81.2 Å². The molecule has 12 heteroatoms. The third-order valence-electron chi connectivity index (χ3n) is 4.35. The van der Waals surface area contributed by atoms with Crippen molar-refractivity contribution in [3.8, 4) is 5.75 Å². The first-order valence-corrected chi connectivity index (χ1v) is 11.0. The fourth-order valence-corrected chi connectivity index (χ4v) is 4.21. The zero-order valence-corrected chi connectivity index (χ0v) is 19.3. The molecule has 6 nitrogen and oxygen atoms in total. The van der Waals surface area contributed by atoms with Crippen LogP contribution < -0.4 is 10.1 Å². The van der Waals surface area contributed by atoms with Crippen LogP contribution in [0, 0.1) is 11.6 Å². The van der Waals surface area contributed by atoms with E-state index in [4.69, 9.17) is 39.5 Å². The van der Waals surface area contributed by atoms with Crippen LogP contribution in [0.3, 0.4) is 0 Å². The minimum atomic E-state index is -1.32. The first kappa shape index (κ1) is 23.3. The van der Waals surface area contributed by atoms with Gasteiger partial charge in [-0.25, -0.2) is 18.7 Å². The van der Waals surface area contributed by atoms with E-state index in [1.54, 1.807) is 18.2 Å². The quantitative estimate of drug-likeness (QED) is 0.251. The maximum absolute atomic E-state index is 14.9. The van der Waals surface area contributed by atoms with Crippen LogP contribution in [0.2, 0.25) is 15.2 Å². The maximum Gasteiger partial charge on any atom is 0.264 e. The van der Waals surface area contributed by atoms with Gasteiger partial charge in [0.25, 0.3) is 11.8 Å². The number of ether oxygens (including phenoxy) is 1. The van der Waals surface area contributed by atoms with Gasteiger partial charge in [0, 0.05) is 11.2 Å². The monoisotopic (exact) mass is 527 g/mol. The van der Waals surface area contributed by atoms with Crippen LogP contribution in [-0.4, -0.2) is 21.8 Å². The van der Waals surface area contributed by atoms with Crippen molar-refractivity contribution in [3.05, 3.63) is 85.6 Å². The Morgan fingerprint density at radius 1 is 1.06 bits per heavy atom. The van der Waals surface area contributed by atoms with Crippen molar-refractivity contribution >= 4 is 68.2 Å². The number of benzene rings is 2. The molecule has 0 saturated carbocycles. The van der Waals surface area contributed by atoms with Crippen molar-refractivity contribution in [2.75, 3.05) is 0 Å². The average molecular weight is 529 g/mol. The van der Waals surface area contributed by atoms with E-state index in [2.05, 4.69) is 9.97 Å². The molecule has 2 heterocycles. The van der Waals surface area contributed by atoms with Crippen LogP contribution in [0.4, 0.5) is 8.78 Å². The predicted octanol–water partition coefficient (Wildman–Crippen LogP) is 6.08. The van der Waals surface area contributed by atoms with E-state index >= 15 is 0 Å². The molecule has 4 aromatic rings. The molecule has 2 aromatic carbocycles. The minimum absolute atomic E-state index is 0.134. The number of hydrogen-bond acceptors (Lipinski definition) is 6. The molecule has 0 atom stereocenters. The molecule has 0 bridgehead atoms. The Morgan fingerprint density at radius 3 is 2.64 bits per heavy atom. The summed E-state index contributed by atoms with van der Waals surface area (Å²) in [6.45, 7) is -0.134. The van der Waals surface area contributed by atoms with E-state index in [1.807, 2.05) is 5.32 Å². The molecule has 1 N–H and O–H groups in total. The second-order valence-electron chi connectivity index (χ2n) is 6.49. The minimum Gasteiger partial charge on any atom is -0.483 e. The van der Waals surface area contributed by atoms with Crippen LogP contribution in [0.15, 0.2) is 42.6 Å². The Hall–Kier alpha value is -2.85. The maximum atomic E-state index is 14.9. The lowest BCUT2D eigenvalue weighted by molar-refractivity contribution is 0.0844. The van der Waals surface area contributed by atoms with E-state index in [-0.39, 0.29) is 22.3 Å². The largest absolute Gasteiger partial charge is 0.483 e. The smallest absolute Gasteiger partial charge is 0.264 e. The summed E-state index contributed by atoms with van der Waals surface area (Å²) in [5.74, 6) is -5.18. The summed E-state index contributed by atoms with van der Waals surface area (Å²) in [5, 5.41) is 2.54. The van der Waals surface area contributed by atoms with Crippen LogP contribution in [0.1, 0.15) is 25.7 Å². The van der Waals surface area contributed by atoms with E-state index < -0.39 is 34.8 Å². The molecule has 0 radical (unpaired) electrons. The molecule has 0 aliphatic carbocycles. The van der Waals surface area contributed by atoms with Gasteiger partial charge >= 0.3 is 0 Å². The number of carbonyl (C=O) groups is 2. The second-order valence-corrected chi connectivity index (χ2v) is 8.78. The standard InChI is InChI=1S/C21H10Cl3F2N3O3S/c22-9-1-4-14-12(7-9)28-15(33-14)8-32-13-3-2-11(25)16(18(13)26)21(31)29-20(30)10-5-6-27-19(24)17(10)23/h1-7H,8H2,(H,29,30,31). The van der Waals surface area contributed by atoms with Crippen molar-refractivity contribution < 1.29 is 23.1 Å². The Balaban J connectivity index is 1.53. The Morgan fingerprint density at radius 2 is 1.85 bits per heavy atom. The highest BCUT2D eigenvalue weighted by Crippen LogP contribution is 2.28. The van der Waals surface area contributed by atoms with Gasteiger partial charge in [0.2, 0.25) is 0 Å². The number of imide groups is 1. The summed E-state index contributed by atoms with van der Waals surface area (Å²) >= 11 is 18.9. The molecule has 0 unspecified atom stereocenters. The van der Waals surface area contributed by atoms with Gasteiger partial charge in [-0.2, -0.15) is 0 Å². The van der Waals surface area contributed by atoms with Crippen LogP contribution in [0.25, 0.3) is 10.2 Å². The number of pyridine rings is 1. The molecular formula is C21H10Cl3F2N3O3S. The molecule has 2 amide bonds. The summed E-state index contributed by atoms with van der Waals surface area (Å²) in [4.78, 5) is 32.8. The van der Waals surface area contributed by atoms with Crippen LogP contribution in [-0.2, 0) is 6.61 Å². The van der Waals surface area contributed by atoms with Gasteiger partial charge in [-0.1, -0.05) is 34.8 Å². The number of hydrogen-bond donors (Lipinski definition) is 1. The van der Waals surface area contributed by atoms with Gasteiger partial charge in [-0.3, -0.25) is 14.9 Å². The first-order chi connectivity index (χ1) is 15.7. The third kappa shape index (κ3) is 4.91. The van der Waals surface area contributed by atoms with E-state index in [0.717, 1.165) is 16.8 Å². The predicted molar refractivity (Wildman–Crippen MR) is 121 cm³/mol. The first-order valence-electron chi connectivity index (χ1n) is 9.06. The number of amides is 2. The van der Waals surface area contributed by atoms with Crippen molar-refractivity contribution in [2.45, 2.75) is 6.61 Å². The zero-order chi connectivity index (χ0) is 23.7. The van der Waals surface area contributed by atoms with Crippen molar-refractivity contribution in [2.24, 2.45) is 0 Å². The van der Waals surface area contributed by atoms with Gasteiger partial charge < -0.3 is 4.74 Å². The highest BCUT2D eigenvalue weighted by Gasteiger charge is 2.25. The molecule has 33 heavy (non-hydrogen) atoms. The van der Waals surface area contributed by atoms with Crippen molar-refractivity contribution in [3.63, 3.8) is 0 Å². The molecule has 4 rings (SSSR count). The molecule has 0 fully saturated rings. The summed E-state index contributed by atoms with van der Waals surface area (Å²) in [6.07, 6.45) is 1.19. The molecule has 0 saturated heterocycles. The molecular weight excluding hydrogens is 519 g/mol. The summed E-state index contributed by atoms with van der Waals surface area (Å²) in [7, 11) is 0. The molecule has 168 valence electrons. The number of aromatic nitrogens is 2. The lowest BCUT2D eigenvalue weighted by Crippen LogP contribution is -2.32. The zero-order valence-electron chi connectivity index (χ0n) is 16.2. The number of fused-ring (bicyclic) bond motifs is 1. The second kappa shape index (κ2) is 9.56. The van der Waals surface area contributed by atoms with Crippen molar-refractivity contribution in [1.29, 1.82) is 0 Å². The van der Waals surface area contributed by atoms with Crippen LogP contribution in [0.5, 0.6) is 5.75 Å². The van der Waals surface area contributed by atoms with Crippen LogP contribution >= 0.6 is 46.1 Å². The lowest BCUT2D eigenvalue weighted by Gasteiger charge is -2.11. The van der Waals surface area contributed by atoms with Gasteiger partial charge in [0.15, 0.2) is 11.6 Å². The van der Waals surface area contributed by atoms with Gasteiger partial charge in [-0.15, -0.1) is 11.3 Å². The molecule has 2 aromatic heterocycles. The lowest BCUT2D eigenvalue weighted by atomic mass is 10.1. The highest BCUT2D eigenvalue weighted by molar-refractivity contribution is 7.18. The Labute approximate surface area is 204 Å². The Kier molecular flexibility index (Phi) is 6.76. The third-order valence-corrected chi connectivity index (χ3v) is 6.36. The number of halogens is 5. The highest BCUT2D eigenvalue weighted by atomic mass is 35.5. The van der Waals surface area contributed by atoms with E-state index in [9.17, 15) is 18.4 Å². The Bertz CT molecular complexity index is 1410. The van der Waals surface area contributed by atoms with E-state index in [0.29, 0.717) is 15.5 Å². The summed E-state index contributed by atoms with van der Waals surface area (Å²) < 4.78 is 35.4. The summed E-state index contributed by atoms with van der Waals surface area (Å²) in [6, 6.07) is 8.27. The SMILES string of the molecule is O=C(NC(=O)c1c(F)ccc(OCc2nc3cc(Cl)ccc3s2)c1F)c1ccnc(Cl)c1Cl. The average Bonchev–Trinajstić information content (AvgIpc) is 3.17. The summed E-state index contributed by atoms with van der Waals surface area (Å²) in [5.41, 5.74) is -0.526. The number of nitrogens with zero attached hydrogens (tertiary/aromatic N) is 2. The van der Waals surface area contributed by atoms with Gasteiger partial charge in [-0.05, 0) is 36.4 Å². The molecule has 0 aliphatic heterocycles. The molecule has 0 spiro atoms. The fourth-order valence-electron chi connectivity index (χ4n) is 2.83. The number of nitrogens with one attached hydrogen (secondary N) is 1. The number of thiazole rings is 1. The van der Waals surface area contributed by atoms with Crippen molar-refractivity contribution in [1.82, 2.24) is 15.3 Å². The fraction of sp³-hybridized carbons (Fsp3) is 0.0476. The normalized spacial score (nSPS) is 10.9.